The number of rotatable bonds is 5. The molecule has 0 atom stereocenters. The van der Waals surface area contributed by atoms with Crippen LogP contribution in [0.5, 0.6) is 0 Å². The molecule has 5 rings (SSSR count). The molecule has 1 saturated heterocycles. The summed E-state index contributed by atoms with van der Waals surface area (Å²) in [6, 6.07) is 17.7. The number of hydrogen-bond donors (Lipinski definition) is 2. The normalized spacial score (nSPS) is 13.7. The SMILES string of the molecule is CC(=O)Nc1ccnc(-c2cccc3cnc(Nc4ccc(N5CCOCC5)cc4)nc23)c1. The van der Waals surface area contributed by atoms with Gasteiger partial charge in [-0.3, -0.25) is 9.78 Å². The van der Waals surface area contributed by atoms with Crippen LogP contribution >= 0.6 is 0 Å². The third-order valence-corrected chi connectivity index (χ3v) is 5.47. The molecular formula is C25H24N6O2. The molecule has 1 aliphatic heterocycles. The molecule has 2 N–H and O–H groups in total. The molecule has 8 heteroatoms. The van der Waals surface area contributed by atoms with Crippen molar-refractivity contribution in [2.75, 3.05) is 41.8 Å². The molecular weight excluding hydrogens is 416 g/mol. The van der Waals surface area contributed by atoms with E-state index in [1.807, 2.05) is 36.4 Å². The Balaban J connectivity index is 1.42. The van der Waals surface area contributed by atoms with E-state index in [4.69, 9.17) is 9.72 Å². The fraction of sp³-hybridized carbons (Fsp3) is 0.200. The van der Waals surface area contributed by atoms with Crippen molar-refractivity contribution in [2.24, 2.45) is 0 Å². The Labute approximate surface area is 191 Å². The molecule has 8 nitrogen and oxygen atoms in total. The molecule has 0 unspecified atom stereocenters. The first-order valence-corrected chi connectivity index (χ1v) is 10.9. The maximum atomic E-state index is 11.4. The van der Waals surface area contributed by atoms with Crippen LogP contribution in [0.1, 0.15) is 6.92 Å². The quantitative estimate of drug-likeness (QED) is 0.480. The lowest BCUT2D eigenvalue weighted by Gasteiger charge is -2.28. The average molecular weight is 441 g/mol. The number of pyridine rings is 1. The van der Waals surface area contributed by atoms with Gasteiger partial charge in [-0.25, -0.2) is 9.97 Å². The van der Waals surface area contributed by atoms with Crippen LogP contribution in [0.4, 0.5) is 23.0 Å². The van der Waals surface area contributed by atoms with Crippen LogP contribution < -0.4 is 15.5 Å². The number of fused-ring (bicyclic) bond motifs is 1. The number of ether oxygens (including phenoxy) is 1. The van der Waals surface area contributed by atoms with Crippen LogP contribution in [-0.2, 0) is 9.53 Å². The second-order valence-corrected chi connectivity index (χ2v) is 7.82. The summed E-state index contributed by atoms with van der Waals surface area (Å²) >= 11 is 0. The molecule has 2 aromatic heterocycles. The highest BCUT2D eigenvalue weighted by molar-refractivity contribution is 5.94. The fourth-order valence-corrected chi connectivity index (χ4v) is 3.89. The van der Waals surface area contributed by atoms with Crippen LogP contribution in [0, 0.1) is 0 Å². The van der Waals surface area contributed by atoms with E-state index in [-0.39, 0.29) is 5.91 Å². The van der Waals surface area contributed by atoms with E-state index in [2.05, 4.69) is 37.6 Å². The van der Waals surface area contributed by atoms with Crippen LogP contribution in [0.3, 0.4) is 0 Å². The largest absolute Gasteiger partial charge is 0.378 e. The van der Waals surface area contributed by atoms with Gasteiger partial charge in [0.05, 0.1) is 24.4 Å². The molecule has 33 heavy (non-hydrogen) atoms. The summed E-state index contributed by atoms with van der Waals surface area (Å²) in [5.41, 5.74) is 5.16. The molecule has 4 aromatic rings. The zero-order valence-electron chi connectivity index (χ0n) is 18.3. The first kappa shape index (κ1) is 20.8. The summed E-state index contributed by atoms with van der Waals surface area (Å²) in [4.78, 5) is 27.5. The molecule has 3 heterocycles. The van der Waals surface area contributed by atoms with Crippen molar-refractivity contribution >= 4 is 39.8 Å². The number of anilines is 4. The van der Waals surface area contributed by atoms with Crippen molar-refractivity contribution in [3.63, 3.8) is 0 Å². The van der Waals surface area contributed by atoms with Crippen molar-refractivity contribution in [1.29, 1.82) is 0 Å². The second kappa shape index (κ2) is 9.22. The highest BCUT2D eigenvalue weighted by Gasteiger charge is 2.12. The molecule has 2 aromatic carbocycles. The Hall–Kier alpha value is -4.04. The van der Waals surface area contributed by atoms with E-state index >= 15 is 0 Å². The number of carbonyl (C=O) groups is 1. The number of amides is 1. The van der Waals surface area contributed by atoms with E-state index in [1.54, 1.807) is 18.5 Å². The van der Waals surface area contributed by atoms with Crippen LogP contribution in [0.2, 0.25) is 0 Å². The lowest BCUT2D eigenvalue weighted by molar-refractivity contribution is -0.114. The molecule has 0 saturated carbocycles. The molecule has 166 valence electrons. The summed E-state index contributed by atoms with van der Waals surface area (Å²) in [5.74, 6) is 0.380. The van der Waals surface area contributed by atoms with Gasteiger partial charge in [0.2, 0.25) is 11.9 Å². The van der Waals surface area contributed by atoms with Gasteiger partial charge in [0.1, 0.15) is 0 Å². The Morgan fingerprint density at radius 3 is 2.61 bits per heavy atom. The minimum Gasteiger partial charge on any atom is -0.378 e. The van der Waals surface area contributed by atoms with Gasteiger partial charge in [-0.2, -0.15) is 0 Å². The smallest absolute Gasteiger partial charge is 0.227 e. The first-order chi connectivity index (χ1) is 16.2. The maximum Gasteiger partial charge on any atom is 0.227 e. The van der Waals surface area contributed by atoms with Gasteiger partial charge in [-0.05, 0) is 36.4 Å². The molecule has 1 fully saturated rings. The number of nitrogens with one attached hydrogen (secondary N) is 2. The number of aromatic nitrogens is 3. The number of carbonyl (C=O) groups excluding carboxylic acids is 1. The highest BCUT2D eigenvalue weighted by atomic mass is 16.5. The van der Waals surface area contributed by atoms with Gasteiger partial charge in [0, 0.05) is 60.4 Å². The summed E-state index contributed by atoms with van der Waals surface area (Å²) in [7, 11) is 0. The van der Waals surface area contributed by atoms with Gasteiger partial charge in [0.15, 0.2) is 0 Å². The third kappa shape index (κ3) is 4.75. The fourth-order valence-electron chi connectivity index (χ4n) is 3.89. The van der Waals surface area contributed by atoms with Gasteiger partial charge in [0.25, 0.3) is 0 Å². The standard InChI is InChI=1S/C25H24N6O2/c1-17(32)28-20-9-10-26-23(15-20)22-4-2-3-18-16-27-25(30-24(18)22)29-19-5-7-21(8-6-19)31-11-13-33-14-12-31/h2-10,15-16H,11-14H2,1H3,(H,26,28,32)(H,27,29,30). The summed E-state index contributed by atoms with van der Waals surface area (Å²) < 4.78 is 5.43. The third-order valence-electron chi connectivity index (χ3n) is 5.47. The van der Waals surface area contributed by atoms with Crippen LogP contribution in [0.15, 0.2) is 67.0 Å². The van der Waals surface area contributed by atoms with Crippen LogP contribution in [-0.4, -0.2) is 47.2 Å². The molecule has 1 amide bonds. The number of para-hydroxylation sites is 1. The minimum absolute atomic E-state index is 0.126. The van der Waals surface area contributed by atoms with E-state index in [1.165, 1.54) is 12.6 Å². The van der Waals surface area contributed by atoms with E-state index in [0.717, 1.165) is 54.2 Å². The van der Waals surface area contributed by atoms with E-state index < -0.39 is 0 Å². The predicted molar refractivity (Wildman–Crippen MR) is 130 cm³/mol. The van der Waals surface area contributed by atoms with Gasteiger partial charge < -0.3 is 20.3 Å². The average Bonchev–Trinajstić information content (AvgIpc) is 2.84. The molecule has 0 bridgehead atoms. The van der Waals surface area contributed by atoms with Gasteiger partial charge in [-0.15, -0.1) is 0 Å². The van der Waals surface area contributed by atoms with Gasteiger partial charge in [-0.1, -0.05) is 18.2 Å². The minimum atomic E-state index is -0.126. The number of nitrogens with zero attached hydrogens (tertiary/aromatic N) is 4. The number of morpholine rings is 1. The molecule has 0 spiro atoms. The lowest BCUT2D eigenvalue weighted by atomic mass is 10.1. The molecule has 0 radical (unpaired) electrons. The lowest BCUT2D eigenvalue weighted by Crippen LogP contribution is -2.36. The predicted octanol–water partition coefficient (Wildman–Crippen LogP) is 4.23. The summed E-state index contributed by atoms with van der Waals surface area (Å²) in [6.45, 7) is 4.81. The topological polar surface area (TPSA) is 92.3 Å². The van der Waals surface area contributed by atoms with Crippen molar-refractivity contribution in [3.8, 4) is 11.3 Å². The van der Waals surface area contributed by atoms with Crippen molar-refractivity contribution in [3.05, 3.63) is 67.0 Å². The Kier molecular flexibility index (Phi) is 5.82. The van der Waals surface area contributed by atoms with Gasteiger partial charge >= 0.3 is 0 Å². The highest BCUT2D eigenvalue weighted by Crippen LogP contribution is 2.28. The molecule has 0 aliphatic carbocycles. The molecule has 1 aliphatic rings. The van der Waals surface area contributed by atoms with E-state index in [0.29, 0.717) is 11.6 Å². The van der Waals surface area contributed by atoms with Crippen molar-refractivity contribution < 1.29 is 9.53 Å². The maximum absolute atomic E-state index is 11.4. The van der Waals surface area contributed by atoms with Crippen LogP contribution in [0.25, 0.3) is 22.2 Å². The van der Waals surface area contributed by atoms with Crippen molar-refractivity contribution in [2.45, 2.75) is 6.92 Å². The van der Waals surface area contributed by atoms with Crippen molar-refractivity contribution in [1.82, 2.24) is 15.0 Å². The summed E-state index contributed by atoms with van der Waals surface area (Å²) in [6.07, 6.45) is 3.48. The Morgan fingerprint density at radius 2 is 1.82 bits per heavy atom. The number of hydrogen-bond acceptors (Lipinski definition) is 7. The Morgan fingerprint density at radius 1 is 1.00 bits per heavy atom. The zero-order chi connectivity index (χ0) is 22.6. The Bertz CT molecular complexity index is 1290. The monoisotopic (exact) mass is 440 g/mol. The zero-order valence-corrected chi connectivity index (χ0v) is 18.3. The van der Waals surface area contributed by atoms with E-state index in [9.17, 15) is 4.79 Å². The summed E-state index contributed by atoms with van der Waals surface area (Å²) in [5, 5.41) is 7.01. The first-order valence-electron chi connectivity index (χ1n) is 10.9. The number of benzene rings is 2. The second-order valence-electron chi connectivity index (χ2n) is 7.82.